The third-order valence-corrected chi connectivity index (χ3v) is 5.59. The molecule has 2 fully saturated rings. The highest BCUT2D eigenvalue weighted by atomic mass is 16.2. The van der Waals surface area contributed by atoms with E-state index >= 15 is 0 Å². The van der Waals surface area contributed by atoms with E-state index in [2.05, 4.69) is 31.1 Å². The molecule has 2 rings (SSSR count). The lowest BCUT2D eigenvalue weighted by Crippen LogP contribution is -2.49. The van der Waals surface area contributed by atoms with E-state index in [9.17, 15) is 4.79 Å². The van der Waals surface area contributed by atoms with E-state index < -0.39 is 0 Å². The van der Waals surface area contributed by atoms with Crippen LogP contribution in [0, 0.1) is 17.3 Å². The molecule has 1 unspecified atom stereocenters. The molecule has 0 radical (unpaired) electrons. The summed E-state index contributed by atoms with van der Waals surface area (Å²) in [5, 5.41) is 3.44. The second kappa shape index (κ2) is 7.10. The molecule has 0 aromatic heterocycles. The van der Waals surface area contributed by atoms with Gasteiger partial charge in [-0.2, -0.15) is 0 Å². The van der Waals surface area contributed by atoms with Gasteiger partial charge in [-0.3, -0.25) is 4.79 Å². The molecule has 21 heavy (non-hydrogen) atoms. The van der Waals surface area contributed by atoms with Crippen LogP contribution in [0.2, 0.25) is 0 Å². The number of rotatable bonds is 4. The molecular weight excluding hydrogens is 262 g/mol. The van der Waals surface area contributed by atoms with Crippen molar-refractivity contribution in [1.29, 1.82) is 0 Å². The maximum absolute atomic E-state index is 12.9. The van der Waals surface area contributed by atoms with Gasteiger partial charge in [0.2, 0.25) is 5.91 Å². The lowest BCUT2D eigenvalue weighted by molar-refractivity contribution is -0.143. The van der Waals surface area contributed by atoms with Crippen LogP contribution >= 0.6 is 0 Å². The molecule has 0 aromatic rings. The quantitative estimate of drug-likeness (QED) is 0.859. The number of nitrogens with zero attached hydrogens (tertiary/aromatic N) is 2. The van der Waals surface area contributed by atoms with Crippen LogP contribution < -0.4 is 5.32 Å². The Balaban J connectivity index is 1.88. The molecule has 1 amide bonds. The lowest BCUT2D eigenvalue weighted by atomic mass is 9.74. The van der Waals surface area contributed by atoms with Gasteiger partial charge in [-0.05, 0) is 70.7 Å². The molecule has 0 spiro atoms. The van der Waals surface area contributed by atoms with Crippen molar-refractivity contribution in [3.05, 3.63) is 0 Å². The fourth-order valence-electron chi connectivity index (χ4n) is 3.85. The normalized spacial score (nSPS) is 25.8. The summed E-state index contributed by atoms with van der Waals surface area (Å²) in [6, 6.07) is 0. The fourth-order valence-corrected chi connectivity index (χ4v) is 3.85. The minimum absolute atomic E-state index is 0.242. The topological polar surface area (TPSA) is 35.6 Å². The van der Waals surface area contributed by atoms with Gasteiger partial charge in [0.15, 0.2) is 0 Å². The van der Waals surface area contributed by atoms with Crippen molar-refractivity contribution in [2.75, 3.05) is 46.8 Å². The van der Waals surface area contributed by atoms with Crippen LogP contribution in [0.1, 0.15) is 39.5 Å². The fraction of sp³-hybridized carbons (Fsp3) is 0.941. The van der Waals surface area contributed by atoms with Gasteiger partial charge in [-0.15, -0.1) is 0 Å². The number of piperidine rings is 2. The molecule has 0 aromatic carbocycles. The minimum Gasteiger partial charge on any atom is -0.345 e. The number of carbonyl (C=O) groups is 1. The van der Waals surface area contributed by atoms with Gasteiger partial charge in [0.1, 0.15) is 0 Å². The molecule has 122 valence electrons. The summed E-state index contributed by atoms with van der Waals surface area (Å²) in [6.07, 6.45) is 4.81. The third kappa shape index (κ3) is 4.19. The first-order chi connectivity index (χ1) is 9.91. The summed E-state index contributed by atoms with van der Waals surface area (Å²) in [7, 11) is 4.18. The number of hydrogen-bond donors (Lipinski definition) is 1. The first-order valence-corrected chi connectivity index (χ1v) is 8.56. The molecule has 1 N–H and O–H groups in total. The third-order valence-electron chi connectivity index (χ3n) is 5.59. The van der Waals surface area contributed by atoms with E-state index in [0.717, 1.165) is 19.6 Å². The minimum atomic E-state index is -0.242. The summed E-state index contributed by atoms with van der Waals surface area (Å²) < 4.78 is 0. The lowest BCUT2D eigenvalue weighted by Gasteiger charge is -2.40. The molecule has 2 heterocycles. The summed E-state index contributed by atoms with van der Waals surface area (Å²) in [4.78, 5) is 17.3. The zero-order valence-electron chi connectivity index (χ0n) is 14.3. The van der Waals surface area contributed by atoms with Gasteiger partial charge in [0.25, 0.3) is 0 Å². The van der Waals surface area contributed by atoms with E-state index in [1.165, 1.54) is 38.8 Å². The highest BCUT2D eigenvalue weighted by molar-refractivity contribution is 5.82. The molecule has 0 saturated carbocycles. The molecule has 2 aliphatic heterocycles. The Morgan fingerprint density at radius 1 is 1.29 bits per heavy atom. The second-order valence-corrected chi connectivity index (χ2v) is 7.70. The Labute approximate surface area is 130 Å². The second-order valence-electron chi connectivity index (χ2n) is 7.70. The van der Waals surface area contributed by atoms with Crippen LogP contribution in [0.4, 0.5) is 0 Å². The summed E-state index contributed by atoms with van der Waals surface area (Å²) >= 11 is 0. The Morgan fingerprint density at radius 2 is 1.95 bits per heavy atom. The van der Waals surface area contributed by atoms with Crippen molar-refractivity contribution in [2.24, 2.45) is 17.3 Å². The molecular formula is C17H33N3O. The molecule has 0 aliphatic carbocycles. The maximum atomic E-state index is 12.9. The standard InChI is InChI=1S/C17H33N3O/c1-17(2,15-6-5-9-18-12-15)16(21)20(4)13-14-7-10-19(3)11-8-14/h14-15,18H,5-13H2,1-4H3. The van der Waals surface area contributed by atoms with Crippen molar-refractivity contribution in [3.63, 3.8) is 0 Å². The zero-order chi connectivity index (χ0) is 15.5. The molecule has 2 saturated heterocycles. The number of likely N-dealkylation sites (tertiary alicyclic amines) is 1. The molecule has 4 heteroatoms. The number of amides is 1. The Kier molecular flexibility index (Phi) is 5.67. The van der Waals surface area contributed by atoms with Gasteiger partial charge in [0, 0.05) is 19.0 Å². The molecule has 1 atom stereocenters. The van der Waals surface area contributed by atoms with Crippen molar-refractivity contribution in [2.45, 2.75) is 39.5 Å². The van der Waals surface area contributed by atoms with Gasteiger partial charge >= 0.3 is 0 Å². The first-order valence-electron chi connectivity index (χ1n) is 8.56. The Morgan fingerprint density at radius 3 is 2.52 bits per heavy atom. The van der Waals surface area contributed by atoms with E-state index in [0.29, 0.717) is 17.7 Å². The number of hydrogen-bond acceptors (Lipinski definition) is 3. The molecule has 4 nitrogen and oxygen atoms in total. The van der Waals surface area contributed by atoms with Gasteiger partial charge in [-0.1, -0.05) is 13.8 Å². The van der Waals surface area contributed by atoms with Gasteiger partial charge in [0.05, 0.1) is 0 Å². The van der Waals surface area contributed by atoms with Crippen LogP contribution in [0.5, 0.6) is 0 Å². The van der Waals surface area contributed by atoms with Gasteiger partial charge < -0.3 is 15.1 Å². The van der Waals surface area contributed by atoms with Crippen LogP contribution in [0.25, 0.3) is 0 Å². The average molecular weight is 295 g/mol. The number of nitrogens with one attached hydrogen (secondary N) is 1. The van der Waals surface area contributed by atoms with Crippen LogP contribution in [0.15, 0.2) is 0 Å². The van der Waals surface area contributed by atoms with Crippen LogP contribution in [0.3, 0.4) is 0 Å². The van der Waals surface area contributed by atoms with Crippen molar-refractivity contribution in [3.8, 4) is 0 Å². The zero-order valence-corrected chi connectivity index (χ0v) is 14.3. The highest BCUT2D eigenvalue weighted by Crippen LogP contribution is 2.34. The maximum Gasteiger partial charge on any atom is 0.228 e. The molecule has 0 bridgehead atoms. The SMILES string of the molecule is CN1CCC(CN(C)C(=O)C(C)(C)C2CCCNC2)CC1. The smallest absolute Gasteiger partial charge is 0.228 e. The summed E-state index contributed by atoms with van der Waals surface area (Å²) in [5.74, 6) is 1.48. The first kappa shape index (κ1) is 16.8. The number of carbonyl (C=O) groups excluding carboxylic acids is 1. The van der Waals surface area contributed by atoms with Crippen molar-refractivity contribution < 1.29 is 4.79 Å². The summed E-state index contributed by atoms with van der Waals surface area (Å²) in [5.41, 5.74) is -0.242. The van der Waals surface area contributed by atoms with Crippen LogP contribution in [-0.4, -0.2) is 62.5 Å². The monoisotopic (exact) mass is 295 g/mol. The predicted molar refractivity (Wildman–Crippen MR) is 87.2 cm³/mol. The Bertz CT molecular complexity index is 342. The highest BCUT2D eigenvalue weighted by Gasteiger charge is 2.39. The van der Waals surface area contributed by atoms with E-state index in [1.54, 1.807) is 0 Å². The average Bonchev–Trinajstić information content (AvgIpc) is 2.49. The summed E-state index contributed by atoms with van der Waals surface area (Å²) in [6.45, 7) is 9.63. The van der Waals surface area contributed by atoms with E-state index in [-0.39, 0.29) is 5.41 Å². The van der Waals surface area contributed by atoms with E-state index in [4.69, 9.17) is 0 Å². The largest absolute Gasteiger partial charge is 0.345 e. The predicted octanol–water partition coefficient (Wildman–Crippen LogP) is 1.81. The molecule has 2 aliphatic rings. The Hall–Kier alpha value is -0.610. The van der Waals surface area contributed by atoms with Crippen molar-refractivity contribution >= 4 is 5.91 Å². The van der Waals surface area contributed by atoms with E-state index in [1.807, 2.05) is 11.9 Å². The van der Waals surface area contributed by atoms with Crippen molar-refractivity contribution in [1.82, 2.24) is 15.1 Å². The van der Waals surface area contributed by atoms with Gasteiger partial charge in [-0.25, -0.2) is 0 Å². The van der Waals surface area contributed by atoms with Crippen LogP contribution in [-0.2, 0) is 4.79 Å².